The Kier molecular flexibility index (Phi) is 18.1. The monoisotopic (exact) mass is 1940 g/mol. The smallest absolute Gasteiger partial charge is 0.227 e. The standard InChI is InChI=1S/C26H17N3O.4C25H16N4O/c1-16-14-18-17-8-2-7-13-24(17)30-25(18)23(15-16)29-22-12-6-5-11-21(22)28-20-10-4-3-9-19(20)27-26(28)29;1-15-13-16(14-18-17-7-6-12-26-24(17)30-23(15)18)28-21-10-4-5-11-22(21)29-20-9-3-2-8-19(20)27-25(28)29;1-15-13-17-16-7-6-12-26-24(16)30-23(17)22(14-15)29-21-11-5-4-10-20(21)28-19-9-3-2-8-18(19)27-25(28)29;1-15-12-16(13-18-17-10-11-26-14-23(17)30-24(15)18)28-21-8-4-5-9-22(21)29-20-7-3-2-6-19(20)27-25(28)29;1-15-12-17-16-10-11-26-14-23(16)30-24(17)22(13-15)29-21-9-5-4-8-20(21)28-19-7-3-2-6-18(19)27-25(28)29/h2-15H,1H3;4*2-14H,1H3. The van der Waals surface area contributed by atoms with Crippen molar-refractivity contribution in [2.75, 3.05) is 0 Å². The molecule has 0 fully saturated rings. The molecule has 0 amide bonds. The Bertz CT molecular complexity index is 11000. The van der Waals surface area contributed by atoms with Crippen molar-refractivity contribution >= 4 is 249 Å². The summed E-state index contributed by atoms with van der Waals surface area (Å²) >= 11 is 0. The molecule has 0 bridgehead atoms. The zero-order valence-corrected chi connectivity index (χ0v) is 81.1. The van der Waals surface area contributed by atoms with E-state index in [1.54, 1.807) is 24.8 Å². The first-order chi connectivity index (χ1) is 74.0. The average Bonchev–Trinajstić information content (AvgIpc) is 1.56. The SMILES string of the molecule is Cc1cc(-n2c3ccccc3n3c4ccccc4nc23)c2oc3ccccc3c2c1.Cc1cc(-n2c3ccccc3n3c4ccccc4nc23)c2oc3cnccc3c2c1.Cc1cc(-n2c3ccccc3n3c4ccccc4nc23)c2oc3ncccc3c2c1.Cc1cc(-n2c3ccccc3n3c4ccccc4nc23)cc2c1oc1cnccc12.Cc1cc(-n2c3ccccc3n3c4ccccc4nc23)cc2c1oc1ncccc12. The number of benzene rings is 16. The zero-order chi connectivity index (χ0) is 99.1. The Morgan fingerprint density at radius 1 is 0.193 bits per heavy atom. The molecule has 0 atom stereocenters. The fraction of sp³-hybridized carbons (Fsp3) is 0.0397. The lowest BCUT2D eigenvalue weighted by atomic mass is 10.1. The summed E-state index contributed by atoms with van der Waals surface area (Å²) in [5, 5.41) is 10.8. The van der Waals surface area contributed by atoms with Crippen molar-refractivity contribution in [2.24, 2.45) is 0 Å². The van der Waals surface area contributed by atoms with Crippen molar-refractivity contribution in [3.63, 3.8) is 0 Å². The predicted octanol–water partition coefficient (Wildman–Crippen LogP) is 30.8. The second-order valence-electron chi connectivity index (χ2n) is 38.5. The molecule has 16 aromatic carbocycles. The molecule has 0 radical (unpaired) electrons. The number of hydrogen-bond donors (Lipinski definition) is 0. The van der Waals surface area contributed by atoms with Gasteiger partial charge in [-0.05, 0) is 287 Å². The van der Waals surface area contributed by atoms with E-state index in [2.05, 4.69) is 397 Å². The Morgan fingerprint density at radius 3 is 0.827 bits per heavy atom. The summed E-state index contributed by atoms with van der Waals surface area (Å²) in [6.07, 6.45) is 10.7. The van der Waals surface area contributed by atoms with E-state index in [1.807, 2.05) is 79.1 Å². The third kappa shape index (κ3) is 12.5. The molecule has 0 saturated carbocycles. The van der Waals surface area contributed by atoms with Gasteiger partial charge in [0.1, 0.15) is 16.7 Å². The molecule has 150 heavy (non-hydrogen) atoms. The Hall–Kier alpha value is -20.5. The van der Waals surface area contributed by atoms with Crippen LogP contribution < -0.4 is 0 Å². The van der Waals surface area contributed by atoms with E-state index >= 15 is 0 Å². The third-order valence-corrected chi connectivity index (χ3v) is 29.4. The van der Waals surface area contributed by atoms with Gasteiger partial charge in [0.25, 0.3) is 0 Å². The molecular formula is C126H81N19O5. The highest BCUT2D eigenvalue weighted by Crippen LogP contribution is 2.45. The number of aryl methyl sites for hydroxylation is 5. The van der Waals surface area contributed by atoms with Crippen LogP contribution in [0.5, 0.6) is 0 Å². The van der Waals surface area contributed by atoms with Crippen molar-refractivity contribution in [3.8, 4) is 28.4 Å². The van der Waals surface area contributed by atoms with Crippen molar-refractivity contribution in [1.29, 1.82) is 0 Å². The van der Waals surface area contributed by atoms with Crippen molar-refractivity contribution in [3.05, 3.63) is 429 Å². The lowest BCUT2D eigenvalue weighted by Gasteiger charge is -2.07. The Labute approximate surface area is 847 Å². The molecule has 0 spiro atoms. The van der Waals surface area contributed by atoms with E-state index in [1.165, 1.54) is 11.1 Å². The number of aromatic nitrogens is 19. The summed E-state index contributed by atoms with van der Waals surface area (Å²) in [6, 6.07) is 126. The van der Waals surface area contributed by atoms with Gasteiger partial charge in [-0.25, -0.2) is 34.9 Å². The molecule has 19 aromatic heterocycles. The van der Waals surface area contributed by atoms with Gasteiger partial charge in [0.2, 0.25) is 40.3 Å². The number of fused-ring (bicyclic) bond motifs is 40. The molecule has 24 heteroatoms. The maximum atomic E-state index is 6.38. The van der Waals surface area contributed by atoms with Gasteiger partial charge in [0, 0.05) is 78.6 Å². The first kappa shape index (κ1) is 84.0. The van der Waals surface area contributed by atoms with Crippen LogP contribution in [0.25, 0.3) is 278 Å². The van der Waals surface area contributed by atoms with Gasteiger partial charge < -0.3 is 22.1 Å². The highest BCUT2D eigenvalue weighted by Gasteiger charge is 2.29. The van der Waals surface area contributed by atoms with Crippen molar-refractivity contribution in [1.82, 2.24) is 89.7 Å². The number of furan rings is 5. The van der Waals surface area contributed by atoms with E-state index in [9.17, 15) is 0 Å². The molecule has 0 unspecified atom stereocenters. The summed E-state index contributed by atoms with van der Waals surface area (Å²) in [4.78, 5) is 42.2. The van der Waals surface area contributed by atoms with Gasteiger partial charge in [0.15, 0.2) is 27.9 Å². The van der Waals surface area contributed by atoms with Crippen LogP contribution >= 0.6 is 0 Å². The fourth-order valence-corrected chi connectivity index (χ4v) is 23.1. The maximum absolute atomic E-state index is 6.38. The van der Waals surface area contributed by atoms with Gasteiger partial charge in [-0.3, -0.25) is 54.8 Å². The van der Waals surface area contributed by atoms with Crippen molar-refractivity contribution < 1.29 is 22.1 Å². The van der Waals surface area contributed by atoms with Crippen LogP contribution in [0.2, 0.25) is 0 Å². The van der Waals surface area contributed by atoms with Crippen LogP contribution in [-0.2, 0) is 0 Å². The van der Waals surface area contributed by atoms with E-state index < -0.39 is 0 Å². The van der Waals surface area contributed by atoms with E-state index in [0.29, 0.717) is 11.4 Å². The van der Waals surface area contributed by atoms with Crippen LogP contribution in [0.15, 0.2) is 423 Å². The topological polar surface area (TPSA) is 228 Å². The largest absolute Gasteiger partial charge is 0.454 e. The van der Waals surface area contributed by atoms with Crippen LogP contribution in [0, 0.1) is 34.6 Å². The molecule has 710 valence electrons. The summed E-state index contributed by atoms with van der Waals surface area (Å²) in [5.74, 6) is 4.46. The number of imidazole rings is 10. The number of para-hydroxylation sites is 21. The van der Waals surface area contributed by atoms with Gasteiger partial charge in [0.05, 0.1) is 151 Å². The highest BCUT2D eigenvalue weighted by molar-refractivity contribution is 6.14. The van der Waals surface area contributed by atoms with E-state index in [-0.39, 0.29) is 0 Å². The number of hydrogen-bond acceptors (Lipinski definition) is 14. The molecule has 0 aliphatic heterocycles. The lowest BCUT2D eigenvalue weighted by Crippen LogP contribution is -1.96. The normalized spacial score (nSPS) is 12.2. The first-order valence-corrected chi connectivity index (χ1v) is 49.8. The molecular weight excluding hydrogens is 1860 g/mol. The van der Waals surface area contributed by atoms with Crippen LogP contribution in [-0.4, -0.2) is 89.7 Å². The minimum atomic E-state index is 0.653. The van der Waals surface area contributed by atoms with Crippen LogP contribution in [0.3, 0.4) is 0 Å². The predicted molar refractivity (Wildman–Crippen MR) is 599 cm³/mol. The molecule has 35 aromatic rings. The molecule has 0 saturated heterocycles. The van der Waals surface area contributed by atoms with Gasteiger partial charge in [-0.2, -0.15) is 0 Å². The number of pyridine rings is 4. The third-order valence-electron chi connectivity index (χ3n) is 29.4. The maximum Gasteiger partial charge on any atom is 0.227 e. The molecule has 0 aliphatic carbocycles. The number of nitrogens with zero attached hydrogens (tertiary/aromatic N) is 19. The Morgan fingerprint density at radius 2 is 0.453 bits per heavy atom. The van der Waals surface area contributed by atoms with Crippen LogP contribution in [0.1, 0.15) is 27.8 Å². The van der Waals surface area contributed by atoms with Gasteiger partial charge in [-0.15, -0.1) is 0 Å². The zero-order valence-electron chi connectivity index (χ0n) is 81.1. The van der Waals surface area contributed by atoms with Crippen molar-refractivity contribution in [2.45, 2.75) is 34.6 Å². The summed E-state index contributed by atoms with van der Waals surface area (Å²) in [5.41, 5.74) is 40.6. The van der Waals surface area contributed by atoms with Gasteiger partial charge >= 0.3 is 0 Å². The summed E-state index contributed by atoms with van der Waals surface area (Å²) < 4.78 is 53.3. The van der Waals surface area contributed by atoms with E-state index in [0.717, 1.165) is 283 Å². The molecule has 35 rings (SSSR count). The molecule has 0 aliphatic rings. The molecule has 0 N–H and O–H groups in total. The summed E-state index contributed by atoms with van der Waals surface area (Å²) in [6.45, 7) is 10.5. The molecule has 19 heterocycles. The van der Waals surface area contributed by atoms with Crippen LogP contribution in [0.4, 0.5) is 0 Å². The first-order valence-electron chi connectivity index (χ1n) is 49.8. The minimum absolute atomic E-state index is 0.653. The lowest BCUT2D eigenvalue weighted by molar-refractivity contribution is 0.651. The highest BCUT2D eigenvalue weighted by atomic mass is 16.4. The second-order valence-corrected chi connectivity index (χ2v) is 38.5. The van der Waals surface area contributed by atoms with Gasteiger partial charge in [-0.1, -0.05) is 140 Å². The Balaban J connectivity index is 0.0000000844. The fourth-order valence-electron chi connectivity index (χ4n) is 23.1. The quantitative estimate of drug-likeness (QED) is 0.156. The van der Waals surface area contributed by atoms with E-state index in [4.69, 9.17) is 47.0 Å². The average molecular weight is 1940 g/mol. The number of rotatable bonds is 5. The summed E-state index contributed by atoms with van der Waals surface area (Å²) in [7, 11) is 0. The minimum Gasteiger partial charge on any atom is -0.454 e. The second kappa shape index (κ2) is 32.2. The molecule has 24 nitrogen and oxygen atoms in total.